The van der Waals surface area contributed by atoms with Crippen LogP contribution in [-0.2, 0) is 95.5 Å². The van der Waals surface area contributed by atoms with Crippen LogP contribution in [0.5, 0.6) is 0 Å². The Labute approximate surface area is 184 Å². The molecule has 0 spiro atoms. The van der Waals surface area contributed by atoms with Crippen molar-refractivity contribution < 1.29 is 139 Å². The Bertz CT molecular complexity index is 371. The Morgan fingerprint density at radius 1 is 0.500 bits per heavy atom. The average molecular weight is 803 g/mol. The first kappa shape index (κ1) is 38.4. The van der Waals surface area contributed by atoms with Gasteiger partial charge in [0.1, 0.15) is 0 Å². The molecule has 0 aliphatic heterocycles. The van der Waals surface area contributed by atoms with Gasteiger partial charge in [0.2, 0.25) is 0 Å². The molecule has 0 radical (unpaired) electrons. The van der Waals surface area contributed by atoms with Crippen molar-refractivity contribution >= 4 is 48.9 Å². The molecule has 0 aromatic rings. The molecule has 0 aromatic heterocycles. The second-order valence-corrected chi connectivity index (χ2v) is 4.47. The summed E-state index contributed by atoms with van der Waals surface area (Å²) in [6.45, 7) is 0. The summed E-state index contributed by atoms with van der Waals surface area (Å²) < 4.78 is 120. The molecule has 14 nitrogen and oxygen atoms in total. The summed E-state index contributed by atoms with van der Waals surface area (Å²) in [6.07, 6.45) is 0. The third-order valence-corrected chi connectivity index (χ3v) is 0. The molecule has 0 bridgehead atoms. The van der Waals surface area contributed by atoms with Crippen molar-refractivity contribution in [2.45, 2.75) is 0 Å². The van der Waals surface area contributed by atoms with E-state index in [4.69, 9.17) is 50.0 Å². The van der Waals surface area contributed by atoms with Crippen molar-refractivity contribution in [1.82, 2.24) is 0 Å². The van der Waals surface area contributed by atoms with Crippen molar-refractivity contribution in [1.29, 1.82) is 0 Å². The summed E-state index contributed by atoms with van der Waals surface area (Å²) >= 11 is -18.3. The summed E-state index contributed by atoms with van der Waals surface area (Å²) in [5.41, 5.74) is 0. The molecule has 0 N–H and O–H groups in total. The van der Waals surface area contributed by atoms with Crippen molar-refractivity contribution in [2.75, 3.05) is 0 Å². The summed E-state index contributed by atoms with van der Waals surface area (Å²) in [6, 6.07) is 0. The van der Waals surface area contributed by atoms with Gasteiger partial charge < -0.3 is 0 Å². The van der Waals surface area contributed by atoms with E-state index in [9.17, 15) is 0 Å². The Morgan fingerprint density at radius 3 is 0.500 bits per heavy atom. The molecule has 0 fully saturated rings. The summed E-state index contributed by atoms with van der Waals surface area (Å²) in [5.74, 6) is 0. The molecular formula is BaO14UV4. The zero-order valence-electron chi connectivity index (χ0n) is 8.71. The summed E-state index contributed by atoms with van der Waals surface area (Å²) in [4.78, 5) is 0. The molecule has 0 amide bonds. The van der Waals surface area contributed by atoms with Crippen molar-refractivity contribution in [3.63, 3.8) is 0 Å². The molecule has 0 aliphatic carbocycles. The van der Waals surface area contributed by atoms with Crippen LogP contribution in [0.2, 0.25) is 0 Å². The van der Waals surface area contributed by atoms with E-state index in [0.29, 0.717) is 0 Å². The zero-order valence-corrected chi connectivity index (χ0v) is 22.9. The maximum atomic E-state index is 8.58. The molecule has 0 aromatic carbocycles. The van der Waals surface area contributed by atoms with Gasteiger partial charge in [-0.1, -0.05) is 0 Å². The zero-order chi connectivity index (χ0) is 17.0. The Kier molecular flexibility index (Phi) is 72.5. The van der Waals surface area contributed by atoms with Crippen molar-refractivity contribution in [3.05, 3.63) is 0 Å². The van der Waals surface area contributed by atoms with Crippen LogP contribution < -0.4 is 16.1 Å². The van der Waals surface area contributed by atoms with Gasteiger partial charge >= 0.3 is 188 Å². The molecular weight excluding hydrogens is 803 g/mol. The molecule has 0 saturated carbocycles. The van der Waals surface area contributed by atoms with Gasteiger partial charge in [0.15, 0.2) is 0 Å². The molecule has 0 atom stereocenters. The first-order chi connectivity index (χ1) is 8.34. The molecule has 0 heterocycles. The van der Waals surface area contributed by atoms with Gasteiger partial charge in [0.25, 0.3) is 0 Å². The Balaban J connectivity index is -0.0000000304. The van der Waals surface area contributed by atoms with E-state index in [1.165, 1.54) is 0 Å². The van der Waals surface area contributed by atoms with E-state index >= 15 is 0 Å². The normalized spacial score (nSPS) is 5.40. The van der Waals surface area contributed by atoms with Gasteiger partial charge in [-0.25, -0.2) is 0 Å². The van der Waals surface area contributed by atoms with Gasteiger partial charge in [0, 0.05) is 0 Å². The SMILES string of the molecule is [Ba+2].[O]=[U+2]=[O].[O]=[V](=[O])[O-].[O]=[V](=[O])[O-].[O]=[V](=[O])[O-].[O]=[V](=[O])[O-]. The van der Waals surface area contributed by atoms with Crippen LogP contribution in [-0.4, -0.2) is 48.9 Å². The van der Waals surface area contributed by atoms with E-state index in [-0.39, 0.29) is 48.9 Å². The topological polar surface area (TPSA) is 263 Å². The van der Waals surface area contributed by atoms with Crippen LogP contribution in [0.1, 0.15) is 0 Å². The van der Waals surface area contributed by atoms with Gasteiger partial charge in [-0.2, -0.15) is 0 Å². The molecule has 20 heteroatoms. The quantitative estimate of drug-likeness (QED) is 0.207. The minimum absolute atomic E-state index is 0. The predicted octanol–water partition coefficient (Wildman–Crippen LogP) is -6.33. The van der Waals surface area contributed by atoms with Gasteiger partial charge in [-0.3, -0.25) is 0 Å². The Morgan fingerprint density at radius 2 is 0.500 bits per heavy atom. The Hall–Kier alpha value is 2.80. The molecule has 0 aliphatic rings. The second kappa shape index (κ2) is 37.8. The third-order valence-electron chi connectivity index (χ3n) is 0. The molecule has 0 saturated heterocycles. The van der Waals surface area contributed by atoms with Gasteiger partial charge in [-0.05, 0) is 0 Å². The van der Waals surface area contributed by atoms with Crippen LogP contribution in [0, 0.1) is 27.8 Å². The standard InChI is InChI=1S/Ba.14O.U.4V/q+2;;;;;;;;;;;4*-1;+2;;;;. The first-order valence-corrected chi connectivity index (χ1v) is 12.8. The molecule has 110 valence electrons. The van der Waals surface area contributed by atoms with E-state index in [0.717, 1.165) is 0 Å². The van der Waals surface area contributed by atoms with E-state index < -0.39 is 89.4 Å². The van der Waals surface area contributed by atoms with Crippen LogP contribution in [0.4, 0.5) is 0 Å². The predicted molar refractivity (Wildman–Crippen MR) is 12.6 cm³/mol. The first-order valence-electron chi connectivity index (χ1n) is 2.60. The van der Waals surface area contributed by atoms with Gasteiger partial charge in [0.05, 0.1) is 0 Å². The maximum absolute atomic E-state index is 8.58. The third kappa shape index (κ3) is 1040. The summed E-state index contributed by atoms with van der Waals surface area (Å²) in [7, 11) is 0. The second-order valence-electron chi connectivity index (χ2n) is 0.978. The minimum atomic E-state index is -3.94. The number of hydrogen-bond donors (Lipinski definition) is 0. The molecule has 0 unspecified atom stereocenters. The van der Waals surface area contributed by atoms with Crippen molar-refractivity contribution in [2.24, 2.45) is 0 Å². The fourth-order valence-electron chi connectivity index (χ4n) is 0. The monoisotopic (exact) mass is 804 g/mol. The number of hydrogen-bond acceptors (Lipinski definition) is 14. The van der Waals surface area contributed by atoms with Crippen molar-refractivity contribution in [3.8, 4) is 0 Å². The van der Waals surface area contributed by atoms with E-state index in [2.05, 4.69) is 0 Å². The van der Waals surface area contributed by atoms with Crippen LogP contribution >= 0.6 is 0 Å². The molecule has 20 heavy (non-hydrogen) atoms. The van der Waals surface area contributed by atoms with Gasteiger partial charge in [-0.15, -0.1) is 0 Å². The molecule has 0 rings (SSSR count). The number of rotatable bonds is 0. The fourth-order valence-corrected chi connectivity index (χ4v) is 0. The van der Waals surface area contributed by atoms with Crippen LogP contribution in [0.3, 0.4) is 0 Å². The van der Waals surface area contributed by atoms with Crippen LogP contribution in [0.25, 0.3) is 0 Å². The fraction of sp³-hybridized carbons (Fsp3) is 0. The van der Waals surface area contributed by atoms with E-state index in [1.54, 1.807) is 0 Å². The van der Waals surface area contributed by atoms with E-state index in [1.807, 2.05) is 0 Å². The summed E-state index contributed by atoms with van der Waals surface area (Å²) in [5, 5.41) is 0. The average Bonchev–Trinajstić information content (AvgIpc) is 1.97. The van der Waals surface area contributed by atoms with Crippen LogP contribution in [0.15, 0.2) is 0 Å².